The molecule has 0 rings (SSSR count). The molecular formula is C8H18N2O. The predicted molar refractivity (Wildman–Crippen MR) is 47.1 cm³/mol. The zero-order valence-corrected chi connectivity index (χ0v) is 7.59. The third kappa shape index (κ3) is 4.67. The van der Waals surface area contributed by atoms with Gasteiger partial charge in [-0.2, -0.15) is 0 Å². The highest BCUT2D eigenvalue weighted by molar-refractivity contribution is 4.90. The summed E-state index contributed by atoms with van der Waals surface area (Å²) in [7, 11) is 1.90. The second-order valence-corrected chi connectivity index (χ2v) is 2.89. The van der Waals surface area contributed by atoms with Crippen molar-refractivity contribution in [3.8, 4) is 0 Å². The summed E-state index contributed by atoms with van der Waals surface area (Å²) in [5.74, 6) is 0.856. The number of aliphatic hydroxyl groups excluding tert-OH is 1. The fourth-order valence-electron chi connectivity index (χ4n) is 0.728. The van der Waals surface area contributed by atoms with Crippen LogP contribution in [-0.2, 0) is 0 Å². The summed E-state index contributed by atoms with van der Waals surface area (Å²) in [6.45, 7) is 8.71. The lowest BCUT2D eigenvalue weighted by molar-refractivity contribution is 0.238. The molecule has 11 heavy (non-hydrogen) atoms. The Morgan fingerprint density at radius 3 is 2.55 bits per heavy atom. The first-order valence-corrected chi connectivity index (χ1v) is 3.85. The average molecular weight is 158 g/mol. The van der Waals surface area contributed by atoms with Gasteiger partial charge in [0.25, 0.3) is 0 Å². The summed E-state index contributed by atoms with van der Waals surface area (Å²) in [5.41, 5.74) is 0. The van der Waals surface area contributed by atoms with Gasteiger partial charge in [-0.1, -0.05) is 6.58 Å². The molecule has 0 aliphatic heterocycles. The van der Waals surface area contributed by atoms with Gasteiger partial charge < -0.3 is 15.3 Å². The molecule has 66 valence electrons. The van der Waals surface area contributed by atoms with Crippen LogP contribution >= 0.6 is 0 Å². The molecule has 3 heteroatoms. The van der Waals surface area contributed by atoms with Gasteiger partial charge in [-0.25, -0.2) is 0 Å². The van der Waals surface area contributed by atoms with Crippen molar-refractivity contribution >= 4 is 0 Å². The largest absolute Gasteiger partial charge is 0.395 e. The van der Waals surface area contributed by atoms with Gasteiger partial charge in [0.1, 0.15) is 0 Å². The first-order chi connectivity index (χ1) is 5.07. The monoisotopic (exact) mass is 158 g/mol. The van der Waals surface area contributed by atoms with E-state index < -0.39 is 0 Å². The van der Waals surface area contributed by atoms with Gasteiger partial charge in [0, 0.05) is 19.6 Å². The molecule has 0 aromatic carbocycles. The fraction of sp³-hybridized carbons (Fsp3) is 0.750. The Morgan fingerprint density at radius 1 is 1.64 bits per heavy atom. The minimum absolute atomic E-state index is 0.162. The number of hydrogen-bond acceptors (Lipinski definition) is 3. The maximum Gasteiger partial charge on any atom is 0.0938 e. The van der Waals surface area contributed by atoms with E-state index in [4.69, 9.17) is 5.11 Å². The van der Waals surface area contributed by atoms with Crippen molar-refractivity contribution in [1.82, 2.24) is 10.2 Å². The van der Waals surface area contributed by atoms with Gasteiger partial charge in [0.15, 0.2) is 0 Å². The van der Waals surface area contributed by atoms with Crippen molar-refractivity contribution in [3.05, 3.63) is 12.4 Å². The number of likely N-dealkylation sites (N-methyl/N-ethyl adjacent to an activating group) is 1. The summed E-state index contributed by atoms with van der Waals surface area (Å²) in [6.07, 6.45) is 0. The third-order valence-electron chi connectivity index (χ3n) is 1.35. The SMILES string of the molecule is C=C(NC(C)C)N(C)CCO. The van der Waals surface area contributed by atoms with Crippen molar-refractivity contribution in [2.45, 2.75) is 19.9 Å². The van der Waals surface area contributed by atoms with Crippen LogP contribution in [0.4, 0.5) is 0 Å². The topological polar surface area (TPSA) is 35.5 Å². The van der Waals surface area contributed by atoms with E-state index in [1.165, 1.54) is 0 Å². The Bertz CT molecular complexity index is 123. The lowest BCUT2D eigenvalue weighted by Gasteiger charge is -2.23. The van der Waals surface area contributed by atoms with Crippen LogP contribution in [0.15, 0.2) is 12.4 Å². The van der Waals surface area contributed by atoms with Crippen LogP contribution in [0.25, 0.3) is 0 Å². The lowest BCUT2D eigenvalue weighted by atomic mass is 10.4. The maximum absolute atomic E-state index is 8.61. The minimum atomic E-state index is 0.162. The molecule has 0 heterocycles. The van der Waals surface area contributed by atoms with E-state index in [1.807, 2.05) is 11.9 Å². The Kier molecular flexibility index (Phi) is 4.70. The van der Waals surface area contributed by atoms with Crippen LogP contribution in [-0.4, -0.2) is 36.2 Å². The first kappa shape index (κ1) is 10.3. The number of aliphatic hydroxyl groups is 1. The highest BCUT2D eigenvalue weighted by Gasteiger charge is 2.00. The standard InChI is InChI=1S/C8H18N2O/c1-7(2)9-8(3)10(4)5-6-11/h7,9,11H,3,5-6H2,1-2,4H3. The fourth-order valence-corrected chi connectivity index (χ4v) is 0.728. The van der Waals surface area contributed by atoms with Gasteiger partial charge in [-0.05, 0) is 13.8 Å². The number of rotatable bonds is 5. The molecule has 0 bridgehead atoms. The molecule has 0 aliphatic rings. The normalized spacial score (nSPS) is 9.91. The van der Waals surface area contributed by atoms with Crippen LogP contribution < -0.4 is 5.32 Å². The molecule has 0 saturated carbocycles. The van der Waals surface area contributed by atoms with E-state index in [0.717, 1.165) is 5.82 Å². The van der Waals surface area contributed by atoms with Crippen LogP contribution in [0.1, 0.15) is 13.8 Å². The Hall–Kier alpha value is -0.700. The van der Waals surface area contributed by atoms with Crippen LogP contribution in [0, 0.1) is 0 Å². The Balaban J connectivity index is 3.64. The molecule has 0 aliphatic carbocycles. The van der Waals surface area contributed by atoms with Gasteiger partial charge in [-0.3, -0.25) is 0 Å². The van der Waals surface area contributed by atoms with Gasteiger partial charge >= 0.3 is 0 Å². The summed E-state index contributed by atoms with van der Waals surface area (Å²) in [5, 5.41) is 11.8. The van der Waals surface area contributed by atoms with E-state index >= 15 is 0 Å². The third-order valence-corrected chi connectivity index (χ3v) is 1.35. The van der Waals surface area contributed by atoms with E-state index in [1.54, 1.807) is 0 Å². The van der Waals surface area contributed by atoms with E-state index in [9.17, 15) is 0 Å². The summed E-state index contributed by atoms with van der Waals surface area (Å²) < 4.78 is 0. The average Bonchev–Trinajstić information content (AvgIpc) is 1.86. The van der Waals surface area contributed by atoms with Gasteiger partial charge in [0.2, 0.25) is 0 Å². The van der Waals surface area contributed by atoms with Crippen molar-refractivity contribution in [3.63, 3.8) is 0 Å². The van der Waals surface area contributed by atoms with Gasteiger partial charge in [0.05, 0.1) is 12.4 Å². The van der Waals surface area contributed by atoms with Crippen molar-refractivity contribution in [2.24, 2.45) is 0 Å². The molecule has 0 radical (unpaired) electrons. The quantitative estimate of drug-likeness (QED) is 0.607. The zero-order valence-electron chi connectivity index (χ0n) is 7.59. The Labute approximate surface area is 68.7 Å². The van der Waals surface area contributed by atoms with E-state index in [2.05, 4.69) is 25.7 Å². The number of nitrogens with zero attached hydrogens (tertiary/aromatic N) is 1. The lowest BCUT2D eigenvalue weighted by Crippen LogP contribution is -2.33. The van der Waals surface area contributed by atoms with Crippen LogP contribution in [0.5, 0.6) is 0 Å². The smallest absolute Gasteiger partial charge is 0.0938 e. The molecule has 0 amide bonds. The zero-order chi connectivity index (χ0) is 8.85. The second-order valence-electron chi connectivity index (χ2n) is 2.89. The molecule has 0 spiro atoms. The number of nitrogens with one attached hydrogen (secondary N) is 1. The van der Waals surface area contributed by atoms with Crippen LogP contribution in [0.3, 0.4) is 0 Å². The molecule has 0 fully saturated rings. The Morgan fingerprint density at radius 2 is 2.18 bits per heavy atom. The molecule has 0 atom stereocenters. The number of hydrogen-bond donors (Lipinski definition) is 2. The van der Waals surface area contributed by atoms with E-state index in [0.29, 0.717) is 12.6 Å². The van der Waals surface area contributed by atoms with Crippen molar-refractivity contribution in [2.75, 3.05) is 20.2 Å². The highest BCUT2D eigenvalue weighted by atomic mass is 16.3. The maximum atomic E-state index is 8.61. The molecule has 3 nitrogen and oxygen atoms in total. The molecular weight excluding hydrogens is 140 g/mol. The summed E-state index contributed by atoms with van der Waals surface area (Å²) >= 11 is 0. The first-order valence-electron chi connectivity index (χ1n) is 3.85. The molecule has 2 N–H and O–H groups in total. The molecule has 0 aromatic heterocycles. The molecule has 0 unspecified atom stereocenters. The van der Waals surface area contributed by atoms with E-state index in [-0.39, 0.29) is 6.61 Å². The summed E-state index contributed by atoms with van der Waals surface area (Å²) in [4.78, 5) is 1.89. The van der Waals surface area contributed by atoms with Crippen LogP contribution in [0.2, 0.25) is 0 Å². The summed E-state index contributed by atoms with van der Waals surface area (Å²) in [6, 6.07) is 0.392. The predicted octanol–water partition coefficient (Wildman–Crippen LogP) is 0.380. The minimum Gasteiger partial charge on any atom is -0.395 e. The molecule has 0 aromatic rings. The second kappa shape index (κ2) is 5.02. The van der Waals surface area contributed by atoms with Crippen molar-refractivity contribution in [1.29, 1.82) is 0 Å². The molecule has 0 saturated heterocycles. The highest BCUT2D eigenvalue weighted by Crippen LogP contribution is 1.93. The van der Waals surface area contributed by atoms with Crippen molar-refractivity contribution < 1.29 is 5.11 Å². The van der Waals surface area contributed by atoms with Gasteiger partial charge in [-0.15, -0.1) is 0 Å².